The Morgan fingerprint density at radius 1 is 1.31 bits per heavy atom. The van der Waals surface area contributed by atoms with Crippen LogP contribution in [0.4, 0.5) is 19.0 Å². The van der Waals surface area contributed by atoms with Gasteiger partial charge in [-0.25, -0.2) is 4.68 Å². The van der Waals surface area contributed by atoms with Gasteiger partial charge in [-0.15, -0.1) is 0 Å². The summed E-state index contributed by atoms with van der Waals surface area (Å²) in [7, 11) is 0. The van der Waals surface area contributed by atoms with E-state index in [1.807, 2.05) is 13.8 Å². The number of carbonyl (C=O) groups excluding carboxylic acids is 1. The standard InChI is InChI=1S/C20H24F3N5O/c1-12(2)15-9-17(20(21,22)23)28-18(25-15)10-16(26-28)13-6-8-27(11-13)19(29)14-5-3-4-7-24-14/h3-5,7,10,12-13,15,17,25H,6,8-9,11H2,1-2H3/t13?,15-,17+/m0/s1. The topological polar surface area (TPSA) is 63.1 Å². The summed E-state index contributed by atoms with van der Waals surface area (Å²) in [5.74, 6) is 0.226. The van der Waals surface area contributed by atoms with Gasteiger partial charge in [0.25, 0.3) is 5.91 Å². The second-order valence-electron chi connectivity index (χ2n) is 8.14. The smallest absolute Gasteiger partial charge is 0.367 e. The number of rotatable bonds is 3. The quantitative estimate of drug-likeness (QED) is 0.840. The average Bonchev–Trinajstić information content (AvgIpc) is 3.33. The van der Waals surface area contributed by atoms with E-state index in [1.165, 1.54) is 0 Å². The van der Waals surface area contributed by atoms with Crippen LogP contribution < -0.4 is 5.32 Å². The van der Waals surface area contributed by atoms with Crippen LogP contribution in [0.3, 0.4) is 0 Å². The number of alkyl halides is 3. The molecule has 1 amide bonds. The molecule has 0 saturated carbocycles. The molecule has 1 fully saturated rings. The molecule has 1 saturated heterocycles. The number of hydrogen-bond acceptors (Lipinski definition) is 4. The van der Waals surface area contributed by atoms with Gasteiger partial charge in [0, 0.05) is 37.3 Å². The van der Waals surface area contributed by atoms with E-state index in [9.17, 15) is 18.0 Å². The normalized spacial score (nSPS) is 24.5. The number of amides is 1. The van der Waals surface area contributed by atoms with Crippen LogP contribution >= 0.6 is 0 Å². The van der Waals surface area contributed by atoms with E-state index in [0.717, 1.165) is 4.68 Å². The number of nitrogens with zero attached hydrogens (tertiary/aromatic N) is 4. The lowest BCUT2D eigenvalue weighted by Gasteiger charge is -2.35. The van der Waals surface area contributed by atoms with Crippen molar-refractivity contribution in [1.82, 2.24) is 19.7 Å². The number of fused-ring (bicyclic) bond motifs is 1. The van der Waals surface area contributed by atoms with Gasteiger partial charge in [-0.2, -0.15) is 18.3 Å². The predicted octanol–water partition coefficient (Wildman–Crippen LogP) is 3.85. The Morgan fingerprint density at radius 3 is 2.76 bits per heavy atom. The summed E-state index contributed by atoms with van der Waals surface area (Å²) in [5, 5.41) is 7.53. The van der Waals surface area contributed by atoms with Crippen LogP contribution in [-0.2, 0) is 0 Å². The molecular formula is C20H24F3N5O. The second-order valence-corrected chi connectivity index (χ2v) is 8.14. The highest BCUT2D eigenvalue weighted by Gasteiger charge is 2.47. The van der Waals surface area contributed by atoms with E-state index in [4.69, 9.17) is 0 Å². The van der Waals surface area contributed by atoms with E-state index >= 15 is 0 Å². The van der Waals surface area contributed by atoms with Gasteiger partial charge in [-0.1, -0.05) is 19.9 Å². The number of anilines is 1. The molecule has 0 spiro atoms. The molecular weight excluding hydrogens is 383 g/mol. The first-order valence-corrected chi connectivity index (χ1v) is 9.87. The summed E-state index contributed by atoms with van der Waals surface area (Å²) in [6, 6.07) is 4.98. The van der Waals surface area contributed by atoms with Crippen molar-refractivity contribution in [3.63, 3.8) is 0 Å². The summed E-state index contributed by atoms with van der Waals surface area (Å²) in [4.78, 5) is 18.4. The van der Waals surface area contributed by atoms with E-state index < -0.39 is 12.2 Å². The molecule has 1 N–H and O–H groups in total. The maximum atomic E-state index is 13.7. The maximum Gasteiger partial charge on any atom is 0.410 e. The lowest BCUT2D eigenvalue weighted by molar-refractivity contribution is -0.174. The zero-order chi connectivity index (χ0) is 20.8. The van der Waals surface area contributed by atoms with Crippen molar-refractivity contribution in [2.45, 2.75) is 50.9 Å². The first kappa shape index (κ1) is 19.7. The zero-order valence-electron chi connectivity index (χ0n) is 16.4. The summed E-state index contributed by atoms with van der Waals surface area (Å²) < 4.78 is 42.0. The number of halogens is 3. The fraction of sp³-hybridized carbons (Fsp3) is 0.550. The summed E-state index contributed by atoms with van der Waals surface area (Å²) in [6.07, 6.45) is -2.16. The number of likely N-dealkylation sites (tertiary alicyclic amines) is 1. The molecule has 4 rings (SSSR count). The molecule has 29 heavy (non-hydrogen) atoms. The molecule has 6 nitrogen and oxygen atoms in total. The highest BCUT2D eigenvalue weighted by Crippen LogP contribution is 2.42. The monoisotopic (exact) mass is 407 g/mol. The third-order valence-electron chi connectivity index (χ3n) is 5.82. The summed E-state index contributed by atoms with van der Waals surface area (Å²) in [5.41, 5.74) is 0.971. The van der Waals surface area contributed by atoms with Crippen molar-refractivity contribution < 1.29 is 18.0 Å². The minimum Gasteiger partial charge on any atom is -0.367 e. The predicted molar refractivity (Wildman–Crippen MR) is 102 cm³/mol. The van der Waals surface area contributed by atoms with Crippen LogP contribution in [0.5, 0.6) is 0 Å². The Hall–Kier alpha value is -2.58. The van der Waals surface area contributed by atoms with Gasteiger partial charge in [0.2, 0.25) is 0 Å². The second kappa shape index (κ2) is 7.35. The van der Waals surface area contributed by atoms with Crippen LogP contribution in [0.2, 0.25) is 0 Å². The number of pyridine rings is 1. The number of hydrogen-bond donors (Lipinski definition) is 1. The van der Waals surface area contributed by atoms with Gasteiger partial charge in [-0.3, -0.25) is 9.78 Å². The highest BCUT2D eigenvalue weighted by atomic mass is 19.4. The minimum atomic E-state index is -4.36. The Bertz CT molecular complexity index is 880. The van der Waals surface area contributed by atoms with Crippen LogP contribution in [0.25, 0.3) is 0 Å². The fourth-order valence-corrected chi connectivity index (χ4v) is 4.10. The summed E-state index contributed by atoms with van der Waals surface area (Å²) >= 11 is 0. The molecule has 3 atom stereocenters. The lowest BCUT2D eigenvalue weighted by atomic mass is 9.94. The van der Waals surface area contributed by atoms with Crippen LogP contribution in [0, 0.1) is 5.92 Å². The number of aromatic nitrogens is 3. The third-order valence-corrected chi connectivity index (χ3v) is 5.82. The molecule has 2 aliphatic heterocycles. The van der Waals surface area contributed by atoms with Crippen molar-refractivity contribution in [1.29, 1.82) is 0 Å². The van der Waals surface area contributed by atoms with Crippen LogP contribution in [-0.4, -0.2) is 50.9 Å². The molecule has 1 unspecified atom stereocenters. The molecule has 9 heteroatoms. The van der Waals surface area contributed by atoms with Gasteiger partial charge in [0.05, 0.1) is 5.69 Å². The van der Waals surface area contributed by atoms with Crippen LogP contribution in [0.15, 0.2) is 30.5 Å². The van der Waals surface area contributed by atoms with E-state index in [-0.39, 0.29) is 30.2 Å². The molecule has 0 aromatic carbocycles. The SMILES string of the molecule is CC(C)[C@@H]1C[C@H](C(F)(F)F)n2nc(C3CCN(C(=O)c4ccccn4)C3)cc2N1. The van der Waals surface area contributed by atoms with Crippen molar-refractivity contribution in [3.05, 3.63) is 41.9 Å². The largest absolute Gasteiger partial charge is 0.410 e. The first-order valence-electron chi connectivity index (χ1n) is 9.87. The van der Waals surface area contributed by atoms with Crippen molar-refractivity contribution in [2.24, 2.45) is 5.92 Å². The van der Waals surface area contributed by atoms with Gasteiger partial charge >= 0.3 is 6.18 Å². The van der Waals surface area contributed by atoms with Crippen molar-refractivity contribution in [3.8, 4) is 0 Å². The molecule has 156 valence electrons. The molecule has 2 aromatic rings. The summed E-state index contributed by atoms with van der Waals surface area (Å²) in [6.45, 7) is 4.79. The van der Waals surface area contributed by atoms with Gasteiger partial charge in [-0.05, 0) is 30.9 Å². The molecule has 2 aromatic heterocycles. The molecule has 0 bridgehead atoms. The zero-order valence-corrected chi connectivity index (χ0v) is 16.4. The van der Waals surface area contributed by atoms with Gasteiger partial charge in [0.15, 0.2) is 6.04 Å². The number of carbonyl (C=O) groups is 1. The fourth-order valence-electron chi connectivity index (χ4n) is 4.10. The molecule has 4 heterocycles. The average molecular weight is 407 g/mol. The Labute approximate surface area is 167 Å². The van der Waals surface area contributed by atoms with Crippen molar-refractivity contribution in [2.75, 3.05) is 18.4 Å². The maximum absolute atomic E-state index is 13.7. The van der Waals surface area contributed by atoms with E-state index in [2.05, 4.69) is 15.4 Å². The molecule has 0 radical (unpaired) electrons. The Balaban J connectivity index is 1.55. The molecule has 0 aliphatic carbocycles. The van der Waals surface area contributed by atoms with E-state index in [0.29, 0.717) is 36.7 Å². The Kier molecular flexibility index (Phi) is 5.00. The van der Waals surface area contributed by atoms with E-state index in [1.54, 1.807) is 35.4 Å². The minimum absolute atomic E-state index is 0.0375. The number of nitrogens with one attached hydrogen (secondary N) is 1. The van der Waals surface area contributed by atoms with Crippen molar-refractivity contribution >= 4 is 11.7 Å². The van der Waals surface area contributed by atoms with Gasteiger partial charge < -0.3 is 10.2 Å². The highest BCUT2D eigenvalue weighted by molar-refractivity contribution is 5.92. The third kappa shape index (κ3) is 3.82. The van der Waals surface area contributed by atoms with Gasteiger partial charge in [0.1, 0.15) is 11.5 Å². The first-order chi connectivity index (χ1) is 13.7. The Morgan fingerprint density at radius 2 is 2.10 bits per heavy atom. The van der Waals surface area contributed by atoms with Crippen LogP contribution in [0.1, 0.15) is 54.8 Å². The molecule has 2 aliphatic rings. The lowest BCUT2D eigenvalue weighted by Crippen LogP contribution is -2.41.